The number of nitrogens with one attached hydrogen (secondary N) is 1. The highest BCUT2D eigenvalue weighted by Gasteiger charge is 2.34. The van der Waals surface area contributed by atoms with Crippen LogP contribution in [0, 0.1) is 6.92 Å². The number of hydrogen-bond donors (Lipinski definition) is 1. The Morgan fingerprint density at radius 2 is 1.84 bits per heavy atom. The number of aromatic amines is 1. The zero-order valence-electron chi connectivity index (χ0n) is 14.4. The Kier molecular flexibility index (Phi) is 4.70. The zero-order chi connectivity index (χ0) is 18.0. The highest BCUT2D eigenvalue weighted by Crippen LogP contribution is 2.17. The molecule has 1 fully saturated rings. The number of aryl methyl sites for hydroxylation is 1. The van der Waals surface area contributed by atoms with Gasteiger partial charge < -0.3 is 14.8 Å². The Hall–Kier alpha value is -2.89. The van der Waals surface area contributed by atoms with E-state index in [1.54, 1.807) is 17.9 Å². The van der Waals surface area contributed by atoms with Crippen LogP contribution in [0.1, 0.15) is 28.5 Å². The van der Waals surface area contributed by atoms with E-state index in [0.717, 1.165) is 5.56 Å². The third-order valence-corrected chi connectivity index (χ3v) is 4.50. The Morgan fingerprint density at radius 3 is 2.52 bits per heavy atom. The smallest absolute Gasteiger partial charge is 0.271 e. The fourth-order valence-electron chi connectivity index (χ4n) is 3.01. The summed E-state index contributed by atoms with van der Waals surface area (Å²) >= 11 is 0. The van der Waals surface area contributed by atoms with E-state index in [9.17, 15) is 14.4 Å². The maximum atomic E-state index is 12.7. The molecule has 6 heteroatoms. The first-order chi connectivity index (χ1) is 12.0. The first-order valence-corrected chi connectivity index (χ1v) is 8.30. The van der Waals surface area contributed by atoms with Crippen LogP contribution in [0.4, 0.5) is 0 Å². The molecule has 0 radical (unpaired) electrons. The van der Waals surface area contributed by atoms with Crippen molar-refractivity contribution >= 4 is 11.8 Å². The lowest BCUT2D eigenvalue weighted by Gasteiger charge is -2.39. The molecule has 130 valence electrons. The fourth-order valence-corrected chi connectivity index (χ4v) is 3.01. The molecule has 1 aliphatic heterocycles. The van der Waals surface area contributed by atoms with E-state index in [1.807, 2.05) is 31.2 Å². The number of amides is 2. The number of carbonyl (C=O) groups excluding carboxylic acids is 2. The summed E-state index contributed by atoms with van der Waals surface area (Å²) in [6, 6.07) is 12.0. The molecule has 0 aliphatic carbocycles. The maximum Gasteiger partial charge on any atom is 0.271 e. The topological polar surface area (TPSA) is 73.5 Å². The minimum Gasteiger partial charge on any atom is -0.335 e. The van der Waals surface area contributed by atoms with Crippen LogP contribution in [0.3, 0.4) is 0 Å². The molecule has 2 amide bonds. The van der Waals surface area contributed by atoms with E-state index in [0.29, 0.717) is 19.6 Å². The highest BCUT2D eigenvalue weighted by molar-refractivity contribution is 5.96. The lowest BCUT2D eigenvalue weighted by atomic mass is 10.1. The molecular formula is C19H21N3O3. The summed E-state index contributed by atoms with van der Waals surface area (Å²) in [6.45, 7) is 5.19. The van der Waals surface area contributed by atoms with Gasteiger partial charge in [0.2, 0.25) is 11.5 Å². The SMILES string of the molecule is Cc1ccc(CN2CCN(C(=O)c3cccc(=O)[nH]3)[C@@H](C)C2=O)cc1. The molecular weight excluding hydrogens is 318 g/mol. The van der Waals surface area contributed by atoms with Gasteiger partial charge in [-0.25, -0.2) is 0 Å². The van der Waals surface area contributed by atoms with Gasteiger partial charge >= 0.3 is 0 Å². The molecule has 3 rings (SSSR count). The van der Waals surface area contributed by atoms with Crippen LogP contribution < -0.4 is 5.56 Å². The largest absolute Gasteiger partial charge is 0.335 e. The molecule has 1 saturated heterocycles. The second-order valence-electron chi connectivity index (χ2n) is 6.35. The van der Waals surface area contributed by atoms with E-state index in [1.165, 1.54) is 22.6 Å². The number of aromatic nitrogens is 1. The number of hydrogen-bond acceptors (Lipinski definition) is 3. The summed E-state index contributed by atoms with van der Waals surface area (Å²) in [7, 11) is 0. The molecule has 1 aromatic carbocycles. The lowest BCUT2D eigenvalue weighted by Crippen LogP contribution is -2.57. The predicted octanol–water partition coefficient (Wildman–Crippen LogP) is 1.56. The Morgan fingerprint density at radius 1 is 1.12 bits per heavy atom. The average molecular weight is 339 g/mol. The number of H-pyrrole nitrogens is 1. The molecule has 1 N–H and O–H groups in total. The first-order valence-electron chi connectivity index (χ1n) is 8.30. The second-order valence-corrected chi connectivity index (χ2v) is 6.35. The van der Waals surface area contributed by atoms with E-state index >= 15 is 0 Å². The van der Waals surface area contributed by atoms with Gasteiger partial charge in [-0.2, -0.15) is 0 Å². The van der Waals surface area contributed by atoms with Gasteiger partial charge in [-0.1, -0.05) is 35.9 Å². The van der Waals surface area contributed by atoms with Crippen LogP contribution in [0.2, 0.25) is 0 Å². The Labute approximate surface area is 146 Å². The van der Waals surface area contributed by atoms with E-state index in [-0.39, 0.29) is 23.1 Å². The van der Waals surface area contributed by atoms with Gasteiger partial charge in [0.05, 0.1) is 0 Å². The standard InChI is InChI=1S/C19H21N3O3/c1-13-6-8-15(9-7-13)12-21-10-11-22(14(2)18(21)24)19(25)16-4-3-5-17(23)20-16/h3-9,14H,10-12H2,1-2H3,(H,20,23)/t14-/m0/s1. The normalized spacial score (nSPS) is 17.7. The molecule has 2 aromatic rings. The van der Waals surface area contributed by atoms with Crippen molar-refractivity contribution in [3.05, 3.63) is 69.6 Å². The lowest BCUT2D eigenvalue weighted by molar-refractivity contribution is -0.140. The van der Waals surface area contributed by atoms with Gasteiger partial charge in [0.1, 0.15) is 11.7 Å². The van der Waals surface area contributed by atoms with Crippen molar-refractivity contribution in [3.63, 3.8) is 0 Å². The van der Waals surface area contributed by atoms with Crippen LogP contribution in [0.15, 0.2) is 47.3 Å². The minimum atomic E-state index is -0.560. The summed E-state index contributed by atoms with van der Waals surface area (Å²) < 4.78 is 0. The van der Waals surface area contributed by atoms with Gasteiger partial charge in [-0.05, 0) is 25.5 Å². The fraction of sp³-hybridized carbons (Fsp3) is 0.316. The van der Waals surface area contributed by atoms with Crippen molar-refractivity contribution in [2.24, 2.45) is 0 Å². The minimum absolute atomic E-state index is 0.0848. The van der Waals surface area contributed by atoms with Crippen molar-refractivity contribution < 1.29 is 9.59 Å². The third kappa shape index (κ3) is 3.63. The van der Waals surface area contributed by atoms with Crippen molar-refractivity contribution in [3.8, 4) is 0 Å². The number of carbonyl (C=O) groups is 2. The number of piperazine rings is 1. The van der Waals surface area contributed by atoms with Gasteiger partial charge in [0, 0.05) is 25.7 Å². The van der Waals surface area contributed by atoms with Crippen LogP contribution >= 0.6 is 0 Å². The molecule has 0 bridgehead atoms. The summed E-state index contributed by atoms with van der Waals surface area (Å²) in [6.07, 6.45) is 0. The van der Waals surface area contributed by atoms with Crippen LogP contribution in [0.25, 0.3) is 0 Å². The van der Waals surface area contributed by atoms with Crippen LogP contribution in [0.5, 0.6) is 0 Å². The van der Waals surface area contributed by atoms with Crippen molar-refractivity contribution in [1.82, 2.24) is 14.8 Å². The van der Waals surface area contributed by atoms with Gasteiger partial charge in [0.15, 0.2) is 0 Å². The van der Waals surface area contributed by atoms with Gasteiger partial charge in [-0.3, -0.25) is 14.4 Å². The molecule has 0 saturated carbocycles. The van der Waals surface area contributed by atoms with Crippen molar-refractivity contribution in [2.75, 3.05) is 13.1 Å². The Balaban J connectivity index is 1.71. The molecule has 1 aliphatic rings. The molecule has 1 atom stereocenters. The van der Waals surface area contributed by atoms with Gasteiger partial charge in [0.25, 0.3) is 5.91 Å². The second kappa shape index (κ2) is 6.93. The van der Waals surface area contributed by atoms with Gasteiger partial charge in [-0.15, -0.1) is 0 Å². The van der Waals surface area contributed by atoms with E-state index in [4.69, 9.17) is 0 Å². The molecule has 6 nitrogen and oxygen atoms in total. The summed E-state index contributed by atoms with van der Waals surface area (Å²) in [5.74, 6) is -0.410. The van der Waals surface area contributed by atoms with Crippen molar-refractivity contribution in [2.45, 2.75) is 26.4 Å². The number of benzene rings is 1. The summed E-state index contributed by atoms with van der Waals surface area (Å²) in [5, 5.41) is 0. The summed E-state index contributed by atoms with van der Waals surface area (Å²) in [5.41, 5.74) is 2.12. The number of nitrogens with zero attached hydrogens (tertiary/aromatic N) is 2. The quantitative estimate of drug-likeness (QED) is 0.922. The summed E-state index contributed by atoms with van der Waals surface area (Å²) in [4.78, 5) is 42.5. The molecule has 25 heavy (non-hydrogen) atoms. The number of rotatable bonds is 3. The Bertz CT molecular complexity index is 841. The first kappa shape index (κ1) is 17.0. The maximum absolute atomic E-state index is 12.7. The van der Waals surface area contributed by atoms with Crippen molar-refractivity contribution in [1.29, 1.82) is 0 Å². The highest BCUT2D eigenvalue weighted by atomic mass is 16.2. The molecule has 1 aromatic heterocycles. The average Bonchev–Trinajstić information content (AvgIpc) is 2.60. The number of pyridine rings is 1. The van der Waals surface area contributed by atoms with E-state index in [2.05, 4.69) is 4.98 Å². The molecule has 2 heterocycles. The molecule has 0 spiro atoms. The van der Waals surface area contributed by atoms with E-state index < -0.39 is 6.04 Å². The zero-order valence-corrected chi connectivity index (χ0v) is 14.4. The third-order valence-electron chi connectivity index (χ3n) is 4.50. The predicted molar refractivity (Wildman–Crippen MR) is 94.2 cm³/mol. The van der Waals surface area contributed by atoms with Crippen LogP contribution in [-0.4, -0.2) is 45.7 Å². The molecule has 0 unspecified atom stereocenters. The monoisotopic (exact) mass is 339 g/mol. The van der Waals surface area contributed by atoms with Crippen LogP contribution in [-0.2, 0) is 11.3 Å².